The van der Waals surface area contributed by atoms with Gasteiger partial charge in [0.05, 0.1) is 19.3 Å². The molecule has 0 bridgehead atoms. The van der Waals surface area contributed by atoms with E-state index in [4.69, 9.17) is 9.47 Å². The monoisotopic (exact) mass is 449 g/mol. The first-order chi connectivity index (χ1) is 15.5. The molecule has 1 aromatic heterocycles. The molecule has 1 aliphatic heterocycles. The van der Waals surface area contributed by atoms with Gasteiger partial charge in [-0.15, -0.1) is 11.3 Å². The van der Waals surface area contributed by atoms with Crippen LogP contribution in [-0.2, 0) is 9.59 Å². The van der Waals surface area contributed by atoms with Crippen molar-refractivity contribution in [3.05, 3.63) is 81.6 Å². The molecule has 164 valence electrons. The van der Waals surface area contributed by atoms with Gasteiger partial charge in [-0.05, 0) is 67.3 Å². The lowest BCUT2D eigenvalue weighted by Gasteiger charge is -2.25. The van der Waals surface area contributed by atoms with E-state index in [-0.39, 0.29) is 11.3 Å². The fourth-order valence-corrected chi connectivity index (χ4v) is 4.83. The molecule has 1 unspecified atom stereocenters. The fourth-order valence-electron chi connectivity index (χ4n) is 3.81. The van der Waals surface area contributed by atoms with Gasteiger partial charge in [-0.1, -0.05) is 12.1 Å². The van der Waals surface area contributed by atoms with Crippen molar-refractivity contribution in [2.45, 2.75) is 19.9 Å². The summed E-state index contributed by atoms with van der Waals surface area (Å²) in [5.41, 5.74) is 1.97. The Morgan fingerprint density at radius 2 is 1.84 bits per heavy atom. The Hall–Kier alpha value is -3.58. The van der Waals surface area contributed by atoms with E-state index < -0.39 is 17.7 Å². The van der Waals surface area contributed by atoms with Gasteiger partial charge in [0.25, 0.3) is 11.7 Å². The van der Waals surface area contributed by atoms with Crippen molar-refractivity contribution in [3.8, 4) is 11.5 Å². The van der Waals surface area contributed by atoms with Crippen molar-refractivity contribution in [3.63, 3.8) is 0 Å². The Morgan fingerprint density at radius 3 is 2.47 bits per heavy atom. The number of nitrogens with zero attached hydrogens (tertiary/aromatic N) is 1. The number of aliphatic hydroxyl groups is 1. The quantitative estimate of drug-likeness (QED) is 0.322. The summed E-state index contributed by atoms with van der Waals surface area (Å²) >= 11 is 1.44. The van der Waals surface area contributed by atoms with E-state index in [0.717, 1.165) is 10.4 Å². The van der Waals surface area contributed by atoms with E-state index >= 15 is 0 Å². The van der Waals surface area contributed by atoms with Gasteiger partial charge in [0.2, 0.25) is 0 Å². The van der Waals surface area contributed by atoms with E-state index in [1.54, 1.807) is 55.6 Å². The first-order valence-electron chi connectivity index (χ1n) is 10.2. The third-order valence-corrected chi connectivity index (χ3v) is 6.43. The van der Waals surface area contributed by atoms with Crippen LogP contribution in [0.4, 0.5) is 5.69 Å². The van der Waals surface area contributed by atoms with Gasteiger partial charge in [-0.2, -0.15) is 0 Å². The lowest BCUT2D eigenvalue weighted by atomic mass is 9.98. The van der Waals surface area contributed by atoms with Gasteiger partial charge >= 0.3 is 0 Å². The standard InChI is InChI=1S/C25H23NO5S/c1-4-31-19-7-5-6-16(14-19)22(27)20-21(24-15(2)12-13-32-24)26(25(29)23(20)28)17-8-10-18(30-3)11-9-17/h5-14,21,27H,4H2,1-3H3/b22-20-. The summed E-state index contributed by atoms with van der Waals surface area (Å²) in [5.74, 6) is -0.418. The first-order valence-corrected chi connectivity index (χ1v) is 11.1. The zero-order valence-electron chi connectivity index (χ0n) is 18.0. The summed E-state index contributed by atoms with van der Waals surface area (Å²) in [6.07, 6.45) is 0. The number of thiophene rings is 1. The van der Waals surface area contributed by atoms with E-state index in [0.29, 0.717) is 29.4 Å². The Balaban J connectivity index is 1.90. The van der Waals surface area contributed by atoms with Gasteiger partial charge in [-0.3, -0.25) is 14.5 Å². The van der Waals surface area contributed by atoms with Gasteiger partial charge < -0.3 is 14.6 Å². The average Bonchev–Trinajstić information content (AvgIpc) is 3.34. The predicted octanol–water partition coefficient (Wildman–Crippen LogP) is 5.09. The molecular weight excluding hydrogens is 426 g/mol. The van der Waals surface area contributed by atoms with E-state index in [9.17, 15) is 14.7 Å². The average molecular weight is 450 g/mol. The van der Waals surface area contributed by atoms with Crippen LogP contribution in [0.25, 0.3) is 5.76 Å². The number of benzene rings is 2. The van der Waals surface area contributed by atoms with E-state index in [1.165, 1.54) is 16.2 Å². The number of ketones is 1. The van der Waals surface area contributed by atoms with Crippen LogP contribution in [0, 0.1) is 6.92 Å². The fraction of sp³-hybridized carbons (Fsp3) is 0.200. The molecule has 1 saturated heterocycles. The molecule has 1 amide bonds. The van der Waals surface area contributed by atoms with Crippen LogP contribution in [0.5, 0.6) is 11.5 Å². The highest BCUT2D eigenvalue weighted by molar-refractivity contribution is 7.10. The molecule has 32 heavy (non-hydrogen) atoms. The minimum absolute atomic E-state index is 0.0602. The van der Waals surface area contributed by atoms with Crippen LogP contribution in [0.1, 0.15) is 29.0 Å². The molecule has 0 radical (unpaired) electrons. The molecular formula is C25H23NO5S. The lowest BCUT2D eigenvalue weighted by molar-refractivity contribution is -0.132. The molecule has 1 fully saturated rings. The molecule has 1 atom stereocenters. The normalized spacial score (nSPS) is 17.6. The van der Waals surface area contributed by atoms with E-state index in [2.05, 4.69) is 0 Å². The number of carbonyl (C=O) groups excluding carboxylic acids is 2. The second kappa shape index (κ2) is 8.88. The molecule has 0 spiro atoms. The van der Waals surface area contributed by atoms with Gasteiger partial charge in [-0.25, -0.2) is 0 Å². The van der Waals surface area contributed by atoms with Crippen LogP contribution in [0.3, 0.4) is 0 Å². The van der Waals surface area contributed by atoms with Crippen molar-refractivity contribution in [2.75, 3.05) is 18.6 Å². The Bertz CT molecular complexity index is 1200. The first kappa shape index (κ1) is 21.6. The molecule has 3 aromatic rings. The van der Waals surface area contributed by atoms with Crippen LogP contribution in [0.15, 0.2) is 65.6 Å². The minimum atomic E-state index is -0.737. The number of hydrogen-bond acceptors (Lipinski definition) is 6. The van der Waals surface area contributed by atoms with Crippen molar-refractivity contribution in [1.29, 1.82) is 0 Å². The lowest BCUT2D eigenvalue weighted by Crippen LogP contribution is -2.29. The summed E-state index contributed by atoms with van der Waals surface area (Å²) in [7, 11) is 1.56. The maximum Gasteiger partial charge on any atom is 0.300 e. The number of carbonyl (C=O) groups is 2. The summed E-state index contributed by atoms with van der Waals surface area (Å²) in [4.78, 5) is 28.6. The SMILES string of the molecule is CCOc1cccc(/C(O)=C2/C(=O)C(=O)N(c3ccc(OC)cc3)C2c2sccc2C)c1. The zero-order chi connectivity index (χ0) is 22.8. The number of anilines is 1. The third-order valence-electron chi connectivity index (χ3n) is 5.36. The highest BCUT2D eigenvalue weighted by Crippen LogP contribution is 2.45. The summed E-state index contributed by atoms with van der Waals surface area (Å²) in [5, 5.41) is 13.1. The molecule has 0 saturated carbocycles. The number of Topliss-reactive ketones (excluding diaryl/α,β-unsaturated/α-hetero) is 1. The Kier molecular flexibility index (Phi) is 6.01. The Morgan fingerprint density at radius 1 is 1.09 bits per heavy atom. The van der Waals surface area contributed by atoms with E-state index in [1.807, 2.05) is 25.3 Å². The van der Waals surface area contributed by atoms with Crippen molar-refractivity contribution < 1.29 is 24.2 Å². The largest absolute Gasteiger partial charge is 0.507 e. The number of methoxy groups -OCH3 is 1. The second-order valence-electron chi connectivity index (χ2n) is 7.30. The van der Waals surface area contributed by atoms with Crippen molar-refractivity contribution in [1.82, 2.24) is 0 Å². The highest BCUT2D eigenvalue weighted by Gasteiger charge is 2.47. The van der Waals surface area contributed by atoms with Crippen molar-refractivity contribution >= 4 is 34.5 Å². The Labute approximate surface area is 190 Å². The molecule has 2 heterocycles. The van der Waals surface area contributed by atoms with Crippen LogP contribution in [-0.4, -0.2) is 30.5 Å². The number of aliphatic hydroxyl groups excluding tert-OH is 1. The van der Waals surface area contributed by atoms with Crippen LogP contribution in [0.2, 0.25) is 0 Å². The van der Waals surface area contributed by atoms with Crippen molar-refractivity contribution in [2.24, 2.45) is 0 Å². The number of aryl methyl sites for hydroxylation is 1. The number of amides is 1. The number of ether oxygens (including phenoxy) is 2. The highest BCUT2D eigenvalue weighted by atomic mass is 32.1. The topological polar surface area (TPSA) is 76.1 Å². The predicted molar refractivity (Wildman–Crippen MR) is 124 cm³/mol. The van der Waals surface area contributed by atoms with Crippen LogP contribution >= 0.6 is 11.3 Å². The third kappa shape index (κ3) is 3.76. The molecule has 2 aromatic carbocycles. The summed E-state index contributed by atoms with van der Waals surface area (Å²) in [6, 6.07) is 15.0. The smallest absolute Gasteiger partial charge is 0.300 e. The van der Waals surface area contributed by atoms with Gasteiger partial charge in [0.15, 0.2) is 0 Å². The molecule has 0 aliphatic carbocycles. The molecule has 4 rings (SSSR count). The number of rotatable bonds is 6. The maximum atomic E-state index is 13.2. The molecule has 1 N–H and O–H groups in total. The summed E-state index contributed by atoms with van der Waals surface area (Å²) in [6.45, 7) is 4.27. The van der Waals surface area contributed by atoms with Gasteiger partial charge in [0, 0.05) is 16.1 Å². The molecule has 6 nitrogen and oxygen atoms in total. The zero-order valence-corrected chi connectivity index (χ0v) is 18.8. The summed E-state index contributed by atoms with van der Waals surface area (Å²) < 4.78 is 10.7. The second-order valence-corrected chi connectivity index (χ2v) is 8.24. The minimum Gasteiger partial charge on any atom is -0.507 e. The van der Waals surface area contributed by atoms with Crippen LogP contribution < -0.4 is 14.4 Å². The molecule has 1 aliphatic rings. The maximum absolute atomic E-state index is 13.2. The van der Waals surface area contributed by atoms with Gasteiger partial charge in [0.1, 0.15) is 23.3 Å². The number of hydrogen-bond donors (Lipinski definition) is 1. The molecule has 7 heteroatoms.